The zero-order valence-electron chi connectivity index (χ0n) is 8.42. The number of nitrogens with two attached hydrogens (primary N) is 1. The summed E-state index contributed by atoms with van der Waals surface area (Å²) in [5.41, 5.74) is 5.22. The lowest BCUT2D eigenvalue weighted by Gasteiger charge is -2.30. The van der Waals surface area contributed by atoms with Crippen LogP contribution < -0.4 is 5.73 Å². The Morgan fingerprint density at radius 2 is 2.00 bits per heavy atom. The number of hydrogen-bond donors (Lipinski definition) is 2. The Hall–Kier alpha value is -0.240. The maximum Gasteiger partial charge on any atom is 0.220 e. The van der Waals surface area contributed by atoms with E-state index in [0.29, 0.717) is 25.9 Å². The number of sulfonamides is 1. The average Bonchev–Trinajstić information content (AvgIpc) is 2.16. The molecule has 88 valence electrons. The number of thiocarbonyl (C=S) groups is 1. The van der Waals surface area contributed by atoms with Gasteiger partial charge in [0, 0.05) is 19.7 Å². The first kappa shape index (κ1) is 12.8. The zero-order valence-corrected chi connectivity index (χ0v) is 10.1. The van der Waals surface area contributed by atoms with Crippen LogP contribution in [0, 0.1) is 5.92 Å². The van der Waals surface area contributed by atoms with Crippen molar-refractivity contribution in [2.45, 2.75) is 12.8 Å². The molecule has 0 unspecified atom stereocenters. The molecule has 0 aliphatic carbocycles. The van der Waals surface area contributed by atoms with Gasteiger partial charge in [0.1, 0.15) is 5.75 Å². The van der Waals surface area contributed by atoms with E-state index in [1.54, 1.807) is 0 Å². The van der Waals surface area contributed by atoms with Crippen LogP contribution in [0.15, 0.2) is 0 Å². The summed E-state index contributed by atoms with van der Waals surface area (Å²) in [6.07, 6.45) is 1.40. The molecule has 3 N–H and O–H groups in total. The van der Waals surface area contributed by atoms with Crippen LogP contribution in [0.5, 0.6) is 0 Å². The maximum atomic E-state index is 11.7. The molecular formula is C8H16N2O3S2. The number of piperidine rings is 1. The highest BCUT2D eigenvalue weighted by atomic mass is 32.2. The molecule has 0 spiro atoms. The molecule has 1 saturated heterocycles. The van der Waals surface area contributed by atoms with E-state index in [1.165, 1.54) is 4.31 Å². The minimum absolute atomic E-state index is 0.000665. The molecule has 0 radical (unpaired) electrons. The number of aliphatic hydroxyl groups excluding tert-OH is 1. The number of nitrogens with zero attached hydrogens (tertiary/aromatic N) is 1. The van der Waals surface area contributed by atoms with Crippen LogP contribution in [-0.4, -0.2) is 48.3 Å². The number of hydrogen-bond acceptors (Lipinski definition) is 4. The van der Waals surface area contributed by atoms with E-state index in [4.69, 9.17) is 10.8 Å². The molecule has 15 heavy (non-hydrogen) atoms. The van der Waals surface area contributed by atoms with Gasteiger partial charge in [-0.15, -0.1) is 0 Å². The van der Waals surface area contributed by atoms with Crippen LogP contribution in [0.1, 0.15) is 12.8 Å². The highest BCUT2D eigenvalue weighted by Crippen LogP contribution is 2.18. The summed E-state index contributed by atoms with van der Waals surface area (Å²) in [6, 6.07) is 0. The Morgan fingerprint density at radius 1 is 1.47 bits per heavy atom. The fraction of sp³-hybridized carbons (Fsp3) is 0.875. The molecule has 0 bridgehead atoms. The maximum absolute atomic E-state index is 11.7. The van der Waals surface area contributed by atoms with Crippen LogP contribution in [0.3, 0.4) is 0 Å². The summed E-state index contributed by atoms with van der Waals surface area (Å²) in [5, 5.41) is 8.92. The molecule has 0 aromatic carbocycles. The molecule has 0 amide bonds. The van der Waals surface area contributed by atoms with Gasteiger partial charge in [-0.2, -0.15) is 0 Å². The van der Waals surface area contributed by atoms with Gasteiger partial charge in [-0.3, -0.25) is 0 Å². The van der Waals surface area contributed by atoms with Crippen LogP contribution >= 0.6 is 12.2 Å². The quantitative estimate of drug-likeness (QED) is 0.647. The van der Waals surface area contributed by atoms with E-state index in [9.17, 15) is 8.42 Å². The lowest BCUT2D eigenvalue weighted by molar-refractivity contribution is 0.170. The monoisotopic (exact) mass is 252 g/mol. The Kier molecular flexibility index (Phi) is 4.45. The van der Waals surface area contributed by atoms with Crippen molar-refractivity contribution >= 4 is 27.2 Å². The van der Waals surface area contributed by atoms with Gasteiger partial charge in [-0.25, -0.2) is 12.7 Å². The van der Waals surface area contributed by atoms with E-state index in [0.717, 1.165) is 0 Å². The third kappa shape index (κ3) is 3.67. The van der Waals surface area contributed by atoms with Gasteiger partial charge in [0.05, 0.1) is 4.99 Å². The van der Waals surface area contributed by atoms with Crippen molar-refractivity contribution in [3.63, 3.8) is 0 Å². The van der Waals surface area contributed by atoms with Gasteiger partial charge in [0.15, 0.2) is 0 Å². The Balaban J connectivity index is 2.56. The van der Waals surface area contributed by atoms with E-state index >= 15 is 0 Å². The topological polar surface area (TPSA) is 83.6 Å². The van der Waals surface area contributed by atoms with Crippen molar-refractivity contribution in [3.8, 4) is 0 Å². The summed E-state index contributed by atoms with van der Waals surface area (Å²) in [7, 11) is -3.33. The van der Waals surface area contributed by atoms with Crippen molar-refractivity contribution in [1.82, 2.24) is 4.31 Å². The molecular weight excluding hydrogens is 236 g/mol. The second-order valence-corrected chi connectivity index (χ2v) is 6.24. The highest BCUT2D eigenvalue weighted by molar-refractivity contribution is 7.92. The molecule has 0 aromatic rings. The number of rotatable bonds is 4. The largest absolute Gasteiger partial charge is 0.396 e. The summed E-state index contributed by atoms with van der Waals surface area (Å²) >= 11 is 4.59. The molecule has 1 rings (SSSR count). The molecule has 0 saturated carbocycles. The molecule has 0 atom stereocenters. The predicted molar refractivity (Wildman–Crippen MR) is 62.0 cm³/mol. The van der Waals surface area contributed by atoms with Crippen LogP contribution in [0.4, 0.5) is 0 Å². The van der Waals surface area contributed by atoms with Crippen LogP contribution in [0.25, 0.3) is 0 Å². The third-order valence-electron chi connectivity index (χ3n) is 2.55. The molecule has 5 nitrogen and oxygen atoms in total. The summed E-state index contributed by atoms with van der Waals surface area (Å²) in [6.45, 7) is 1.04. The zero-order chi connectivity index (χ0) is 11.5. The fourth-order valence-electron chi connectivity index (χ4n) is 1.64. The summed E-state index contributed by atoms with van der Waals surface area (Å²) in [4.78, 5) is -0.000665. The van der Waals surface area contributed by atoms with E-state index in [-0.39, 0.29) is 23.3 Å². The van der Waals surface area contributed by atoms with E-state index in [2.05, 4.69) is 12.2 Å². The van der Waals surface area contributed by atoms with Crippen molar-refractivity contribution in [1.29, 1.82) is 0 Å². The summed E-state index contributed by atoms with van der Waals surface area (Å²) in [5.74, 6) is -0.0344. The first-order valence-electron chi connectivity index (χ1n) is 4.82. The lowest BCUT2D eigenvalue weighted by atomic mass is 10.00. The van der Waals surface area contributed by atoms with E-state index in [1.807, 2.05) is 0 Å². The van der Waals surface area contributed by atoms with Gasteiger partial charge < -0.3 is 10.8 Å². The molecule has 1 heterocycles. The third-order valence-corrected chi connectivity index (χ3v) is 4.70. The second-order valence-electron chi connectivity index (χ2n) is 3.75. The van der Waals surface area contributed by atoms with Gasteiger partial charge in [-0.05, 0) is 18.8 Å². The lowest BCUT2D eigenvalue weighted by Crippen LogP contribution is -2.42. The number of aliphatic hydroxyl groups is 1. The van der Waals surface area contributed by atoms with Gasteiger partial charge in [0.2, 0.25) is 10.0 Å². The second kappa shape index (κ2) is 5.20. The SMILES string of the molecule is NC(=S)CS(=O)(=O)N1CCC(CO)CC1. The van der Waals surface area contributed by atoms with Crippen molar-refractivity contribution in [2.24, 2.45) is 11.7 Å². The minimum atomic E-state index is -3.33. The predicted octanol–water partition coefficient (Wildman–Crippen LogP) is -0.693. The molecule has 1 aliphatic rings. The highest BCUT2D eigenvalue weighted by Gasteiger charge is 2.27. The van der Waals surface area contributed by atoms with Crippen LogP contribution in [-0.2, 0) is 10.0 Å². The fourth-order valence-corrected chi connectivity index (χ4v) is 3.40. The minimum Gasteiger partial charge on any atom is -0.396 e. The normalized spacial score (nSPS) is 20.3. The Labute approximate surface area is 95.3 Å². The molecule has 0 aromatic heterocycles. The average molecular weight is 252 g/mol. The molecule has 1 aliphatic heterocycles. The van der Waals surface area contributed by atoms with Gasteiger partial charge >= 0.3 is 0 Å². The standard InChI is InChI=1S/C8H16N2O3S2/c9-8(14)6-15(12,13)10-3-1-7(5-11)2-4-10/h7,11H,1-6H2,(H2,9,14). The van der Waals surface area contributed by atoms with E-state index < -0.39 is 10.0 Å². The molecule has 1 fully saturated rings. The van der Waals surface area contributed by atoms with Crippen molar-refractivity contribution in [2.75, 3.05) is 25.4 Å². The molecule has 7 heteroatoms. The first-order valence-corrected chi connectivity index (χ1v) is 6.84. The Morgan fingerprint density at radius 3 is 2.40 bits per heavy atom. The van der Waals surface area contributed by atoms with Crippen molar-refractivity contribution < 1.29 is 13.5 Å². The first-order chi connectivity index (χ1) is 6.95. The summed E-state index contributed by atoms with van der Waals surface area (Å²) < 4.78 is 24.8. The van der Waals surface area contributed by atoms with Gasteiger partial charge in [-0.1, -0.05) is 12.2 Å². The van der Waals surface area contributed by atoms with Crippen LogP contribution in [0.2, 0.25) is 0 Å². The van der Waals surface area contributed by atoms with Crippen molar-refractivity contribution in [3.05, 3.63) is 0 Å². The van der Waals surface area contributed by atoms with Gasteiger partial charge in [0.25, 0.3) is 0 Å². The Bertz CT molecular complexity index is 321. The smallest absolute Gasteiger partial charge is 0.220 e.